The van der Waals surface area contributed by atoms with Gasteiger partial charge in [-0.15, -0.1) is 24.8 Å². The second-order valence-corrected chi connectivity index (χ2v) is 9.30. The van der Waals surface area contributed by atoms with Crippen LogP contribution in [0.5, 0.6) is 0 Å². The molecule has 0 unspecified atom stereocenters. The molecule has 4 saturated carbocycles. The minimum absolute atomic E-state index is 0. The van der Waals surface area contributed by atoms with Gasteiger partial charge in [0.25, 0.3) is 0 Å². The fourth-order valence-electron chi connectivity index (χ4n) is 6.63. The molecule has 6 heteroatoms. The lowest BCUT2D eigenvalue weighted by atomic mass is 9.49. The number of halogens is 2. The molecule has 0 spiro atoms. The highest BCUT2D eigenvalue weighted by Crippen LogP contribution is 2.61. The van der Waals surface area contributed by atoms with Crippen molar-refractivity contribution in [1.82, 2.24) is 15.5 Å². The van der Waals surface area contributed by atoms with Gasteiger partial charge < -0.3 is 15.5 Å². The molecular formula is C20H38Cl2N4. The van der Waals surface area contributed by atoms with Crippen LogP contribution in [0.25, 0.3) is 0 Å². The zero-order chi connectivity index (χ0) is 16.4. The highest BCUT2D eigenvalue weighted by molar-refractivity contribution is 5.85. The summed E-state index contributed by atoms with van der Waals surface area (Å²) in [7, 11) is 0. The third-order valence-corrected chi connectivity index (χ3v) is 7.27. The number of guanidine groups is 1. The Bertz CT molecular complexity index is 416. The highest BCUT2D eigenvalue weighted by Gasteiger charge is 2.50. The zero-order valence-corrected chi connectivity index (χ0v) is 17.7. The summed E-state index contributed by atoms with van der Waals surface area (Å²) in [5.74, 6) is 3.67. The molecule has 26 heavy (non-hydrogen) atoms. The summed E-state index contributed by atoms with van der Waals surface area (Å²) < 4.78 is 0. The van der Waals surface area contributed by atoms with Crippen LogP contribution in [0.1, 0.15) is 64.2 Å². The number of rotatable bonds is 7. The minimum Gasteiger partial charge on any atom is -0.357 e. The Kier molecular flexibility index (Phi) is 8.36. The predicted molar refractivity (Wildman–Crippen MR) is 114 cm³/mol. The van der Waals surface area contributed by atoms with Gasteiger partial charge in [-0.2, -0.15) is 0 Å². The van der Waals surface area contributed by atoms with E-state index in [-0.39, 0.29) is 24.8 Å². The van der Waals surface area contributed by atoms with Crippen molar-refractivity contribution in [3.8, 4) is 0 Å². The predicted octanol–water partition coefficient (Wildman–Crippen LogP) is 4.04. The van der Waals surface area contributed by atoms with E-state index in [4.69, 9.17) is 5.41 Å². The summed E-state index contributed by atoms with van der Waals surface area (Å²) in [4.78, 5) is 2.55. The summed E-state index contributed by atoms with van der Waals surface area (Å²) in [5, 5.41) is 14.7. The summed E-state index contributed by atoms with van der Waals surface area (Å²) >= 11 is 0. The Hall–Kier alpha value is -0.190. The number of likely N-dealkylation sites (tertiary alicyclic amines) is 1. The topological polar surface area (TPSA) is 51.2 Å². The van der Waals surface area contributed by atoms with E-state index in [1.165, 1.54) is 77.4 Å². The molecule has 4 aliphatic carbocycles. The summed E-state index contributed by atoms with van der Waals surface area (Å²) in [5.41, 5.74) is 0.637. The van der Waals surface area contributed by atoms with Crippen LogP contribution in [-0.2, 0) is 0 Å². The van der Waals surface area contributed by atoms with Gasteiger partial charge >= 0.3 is 0 Å². The molecule has 1 saturated heterocycles. The van der Waals surface area contributed by atoms with E-state index in [0.29, 0.717) is 11.4 Å². The summed E-state index contributed by atoms with van der Waals surface area (Å²) in [6.45, 7) is 5.67. The van der Waals surface area contributed by atoms with E-state index in [2.05, 4.69) is 15.5 Å². The van der Waals surface area contributed by atoms with Crippen molar-refractivity contribution < 1.29 is 0 Å². The number of nitrogens with zero attached hydrogens (tertiary/aromatic N) is 1. The van der Waals surface area contributed by atoms with Crippen LogP contribution >= 0.6 is 24.8 Å². The maximum Gasteiger partial charge on any atom is 0.188 e. The molecule has 0 radical (unpaired) electrons. The third-order valence-electron chi connectivity index (χ3n) is 7.27. The van der Waals surface area contributed by atoms with E-state index in [0.717, 1.165) is 37.3 Å². The SMILES string of the molecule is Cl.Cl.N=C(NCCCN1CCCC1)NCCC12CC3CC(CC(C3)C1)C2. The lowest BCUT2D eigenvalue weighted by molar-refractivity contribution is -0.0562. The van der Waals surface area contributed by atoms with E-state index in [1.807, 2.05) is 0 Å². The van der Waals surface area contributed by atoms with Gasteiger partial charge in [0.2, 0.25) is 0 Å². The fraction of sp³-hybridized carbons (Fsp3) is 0.950. The Morgan fingerprint density at radius 2 is 1.42 bits per heavy atom. The fourth-order valence-corrected chi connectivity index (χ4v) is 6.63. The van der Waals surface area contributed by atoms with Crippen molar-refractivity contribution >= 4 is 30.8 Å². The first-order chi connectivity index (χ1) is 11.7. The zero-order valence-electron chi connectivity index (χ0n) is 16.1. The van der Waals surface area contributed by atoms with Crippen LogP contribution in [0.3, 0.4) is 0 Å². The molecule has 5 rings (SSSR count). The quantitative estimate of drug-likeness (QED) is 0.340. The second-order valence-electron chi connectivity index (χ2n) is 9.30. The van der Waals surface area contributed by atoms with Crippen molar-refractivity contribution in [3.63, 3.8) is 0 Å². The molecule has 0 aromatic carbocycles. The first-order valence-corrected chi connectivity index (χ1v) is 10.5. The van der Waals surface area contributed by atoms with Crippen LogP contribution < -0.4 is 10.6 Å². The lowest BCUT2D eigenvalue weighted by Gasteiger charge is -2.57. The Morgan fingerprint density at radius 3 is 2.00 bits per heavy atom. The molecule has 4 nitrogen and oxygen atoms in total. The number of hydrogen-bond donors (Lipinski definition) is 3. The van der Waals surface area contributed by atoms with Crippen molar-refractivity contribution in [2.75, 3.05) is 32.7 Å². The van der Waals surface area contributed by atoms with Crippen LogP contribution in [0.2, 0.25) is 0 Å². The van der Waals surface area contributed by atoms with Crippen LogP contribution in [0.15, 0.2) is 0 Å². The van der Waals surface area contributed by atoms with Gasteiger partial charge in [0.1, 0.15) is 0 Å². The van der Waals surface area contributed by atoms with Gasteiger partial charge in [-0.25, -0.2) is 0 Å². The molecule has 0 aromatic heterocycles. The molecule has 5 fully saturated rings. The molecule has 1 aliphatic heterocycles. The van der Waals surface area contributed by atoms with Crippen LogP contribution in [-0.4, -0.2) is 43.6 Å². The van der Waals surface area contributed by atoms with Crippen molar-refractivity contribution in [1.29, 1.82) is 5.41 Å². The second kappa shape index (κ2) is 9.84. The van der Waals surface area contributed by atoms with Gasteiger partial charge in [0.15, 0.2) is 5.96 Å². The van der Waals surface area contributed by atoms with E-state index in [1.54, 1.807) is 0 Å². The van der Waals surface area contributed by atoms with Crippen molar-refractivity contribution in [2.45, 2.75) is 64.2 Å². The highest BCUT2D eigenvalue weighted by atomic mass is 35.5. The standard InChI is InChI=1S/C20H36N4.2ClH/c21-19(22-5-3-9-24-7-1-2-8-24)23-6-4-20-13-16-10-17(14-20)12-18(11-16)15-20;;/h16-18H,1-15H2,(H3,21,22,23);2*1H. The molecule has 152 valence electrons. The molecular weight excluding hydrogens is 367 g/mol. The summed E-state index contributed by atoms with van der Waals surface area (Å²) in [6.07, 6.45) is 14.2. The van der Waals surface area contributed by atoms with Gasteiger partial charge in [0, 0.05) is 13.1 Å². The molecule has 0 aromatic rings. The summed E-state index contributed by atoms with van der Waals surface area (Å²) in [6, 6.07) is 0. The largest absolute Gasteiger partial charge is 0.357 e. The lowest BCUT2D eigenvalue weighted by Crippen LogP contribution is -2.48. The van der Waals surface area contributed by atoms with Crippen molar-refractivity contribution in [3.05, 3.63) is 0 Å². The maximum atomic E-state index is 8.08. The molecule has 1 heterocycles. The first kappa shape index (κ1) is 22.1. The third kappa shape index (κ3) is 5.42. The Morgan fingerprint density at radius 1 is 0.885 bits per heavy atom. The number of hydrogen-bond acceptors (Lipinski definition) is 2. The smallest absolute Gasteiger partial charge is 0.188 e. The first-order valence-electron chi connectivity index (χ1n) is 10.5. The van der Waals surface area contributed by atoms with E-state index >= 15 is 0 Å². The normalized spacial score (nSPS) is 34.8. The molecule has 3 N–H and O–H groups in total. The van der Waals surface area contributed by atoms with E-state index < -0.39 is 0 Å². The van der Waals surface area contributed by atoms with Gasteiger partial charge in [-0.05, 0) is 107 Å². The monoisotopic (exact) mass is 404 g/mol. The molecule has 5 aliphatic rings. The van der Waals surface area contributed by atoms with Gasteiger partial charge in [0.05, 0.1) is 0 Å². The molecule has 0 amide bonds. The Labute approximate surface area is 172 Å². The molecule has 4 bridgehead atoms. The molecule has 0 atom stereocenters. The number of nitrogens with one attached hydrogen (secondary N) is 3. The van der Waals surface area contributed by atoms with Gasteiger partial charge in [-0.1, -0.05) is 0 Å². The maximum absolute atomic E-state index is 8.08. The minimum atomic E-state index is 0. The Balaban J connectivity index is 0.00000121. The van der Waals surface area contributed by atoms with Gasteiger partial charge in [-0.3, -0.25) is 5.41 Å². The van der Waals surface area contributed by atoms with Crippen LogP contribution in [0, 0.1) is 28.6 Å². The average molecular weight is 405 g/mol. The van der Waals surface area contributed by atoms with Crippen molar-refractivity contribution in [2.24, 2.45) is 23.2 Å². The van der Waals surface area contributed by atoms with Crippen LogP contribution in [0.4, 0.5) is 0 Å². The average Bonchev–Trinajstić information content (AvgIpc) is 3.03. The van der Waals surface area contributed by atoms with E-state index in [9.17, 15) is 0 Å².